The molecule has 0 aliphatic rings. The average Bonchev–Trinajstić information content (AvgIpc) is 2.62. The van der Waals surface area contributed by atoms with Crippen molar-refractivity contribution >= 4 is 29.3 Å². The SMILES string of the molecule is C/C(=C/Cl)CSc1ccc(C(=O)O)o1. The van der Waals surface area contributed by atoms with Gasteiger partial charge >= 0.3 is 5.97 Å². The zero-order chi connectivity index (χ0) is 10.6. The summed E-state index contributed by atoms with van der Waals surface area (Å²) in [5.74, 6) is -0.405. The van der Waals surface area contributed by atoms with E-state index in [0.717, 1.165) is 5.57 Å². The van der Waals surface area contributed by atoms with E-state index in [-0.39, 0.29) is 5.76 Å². The summed E-state index contributed by atoms with van der Waals surface area (Å²) < 4.78 is 5.03. The van der Waals surface area contributed by atoms with Crippen molar-refractivity contribution < 1.29 is 14.3 Å². The first kappa shape index (κ1) is 11.2. The lowest BCUT2D eigenvalue weighted by molar-refractivity contribution is 0.0656. The Morgan fingerprint density at radius 1 is 1.71 bits per heavy atom. The van der Waals surface area contributed by atoms with Gasteiger partial charge in [-0.05, 0) is 19.1 Å². The number of aromatic carboxylic acids is 1. The Kier molecular flexibility index (Phi) is 4.10. The maximum Gasteiger partial charge on any atom is 0.371 e. The molecule has 0 aliphatic carbocycles. The molecule has 1 aromatic heterocycles. The summed E-state index contributed by atoms with van der Waals surface area (Å²) in [6.45, 7) is 1.89. The molecular weight excluding hydrogens is 224 g/mol. The minimum atomic E-state index is -1.05. The van der Waals surface area contributed by atoms with Crippen molar-refractivity contribution in [1.82, 2.24) is 0 Å². The fraction of sp³-hybridized carbons (Fsp3) is 0.222. The average molecular weight is 233 g/mol. The van der Waals surface area contributed by atoms with Crippen LogP contribution in [0.15, 0.2) is 32.8 Å². The predicted molar refractivity (Wildman–Crippen MR) is 56.0 cm³/mol. The van der Waals surface area contributed by atoms with Crippen molar-refractivity contribution in [2.75, 3.05) is 5.75 Å². The highest BCUT2D eigenvalue weighted by atomic mass is 35.5. The van der Waals surface area contributed by atoms with Crippen LogP contribution in [-0.4, -0.2) is 16.8 Å². The van der Waals surface area contributed by atoms with E-state index in [9.17, 15) is 4.79 Å². The van der Waals surface area contributed by atoms with Crippen LogP contribution >= 0.6 is 23.4 Å². The lowest BCUT2D eigenvalue weighted by atomic mass is 10.4. The predicted octanol–water partition coefficient (Wildman–Crippen LogP) is 3.21. The van der Waals surface area contributed by atoms with E-state index in [0.29, 0.717) is 10.8 Å². The quantitative estimate of drug-likeness (QED) is 0.810. The van der Waals surface area contributed by atoms with Crippen LogP contribution in [0.2, 0.25) is 0 Å². The van der Waals surface area contributed by atoms with Gasteiger partial charge in [0, 0.05) is 11.3 Å². The Morgan fingerprint density at radius 2 is 2.43 bits per heavy atom. The van der Waals surface area contributed by atoms with E-state index in [2.05, 4.69) is 0 Å². The third kappa shape index (κ3) is 3.12. The highest BCUT2D eigenvalue weighted by Gasteiger charge is 2.08. The number of carbonyl (C=O) groups is 1. The summed E-state index contributed by atoms with van der Waals surface area (Å²) in [7, 11) is 0. The fourth-order valence-electron chi connectivity index (χ4n) is 0.729. The summed E-state index contributed by atoms with van der Waals surface area (Å²) in [4.78, 5) is 10.5. The third-order valence-corrected chi connectivity index (χ3v) is 2.90. The van der Waals surface area contributed by atoms with Crippen LogP contribution in [-0.2, 0) is 0 Å². The third-order valence-electron chi connectivity index (χ3n) is 1.42. The molecule has 76 valence electrons. The van der Waals surface area contributed by atoms with Gasteiger partial charge in [0.25, 0.3) is 0 Å². The molecule has 1 rings (SSSR count). The van der Waals surface area contributed by atoms with E-state index >= 15 is 0 Å². The van der Waals surface area contributed by atoms with Gasteiger partial charge in [-0.25, -0.2) is 4.79 Å². The van der Waals surface area contributed by atoms with Crippen molar-refractivity contribution in [3.05, 3.63) is 29.0 Å². The molecule has 3 nitrogen and oxygen atoms in total. The van der Waals surface area contributed by atoms with Gasteiger partial charge in [-0.3, -0.25) is 0 Å². The van der Waals surface area contributed by atoms with E-state index in [1.807, 2.05) is 6.92 Å². The summed E-state index contributed by atoms with van der Waals surface area (Å²) in [5.41, 5.74) is 2.50. The summed E-state index contributed by atoms with van der Waals surface area (Å²) >= 11 is 6.88. The number of hydrogen-bond acceptors (Lipinski definition) is 3. The number of carboxylic acids is 1. The molecule has 14 heavy (non-hydrogen) atoms. The number of hydrogen-bond donors (Lipinski definition) is 1. The highest BCUT2D eigenvalue weighted by Crippen LogP contribution is 2.23. The maximum atomic E-state index is 10.5. The zero-order valence-electron chi connectivity index (χ0n) is 7.49. The fourth-order valence-corrected chi connectivity index (χ4v) is 1.66. The molecule has 0 radical (unpaired) electrons. The van der Waals surface area contributed by atoms with Crippen LogP contribution in [0.5, 0.6) is 0 Å². The topological polar surface area (TPSA) is 50.4 Å². The molecule has 0 aromatic carbocycles. The highest BCUT2D eigenvalue weighted by molar-refractivity contribution is 7.99. The first-order chi connectivity index (χ1) is 6.63. The minimum absolute atomic E-state index is 0.0417. The maximum absolute atomic E-state index is 10.5. The molecule has 0 unspecified atom stereocenters. The second kappa shape index (κ2) is 5.12. The van der Waals surface area contributed by atoms with Crippen molar-refractivity contribution in [3.63, 3.8) is 0 Å². The first-order valence-corrected chi connectivity index (χ1v) is 5.27. The van der Waals surface area contributed by atoms with Crippen molar-refractivity contribution in [2.24, 2.45) is 0 Å². The summed E-state index contributed by atoms with van der Waals surface area (Å²) in [6.07, 6.45) is 0. The van der Waals surface area contributed by atoms with Crippen molar-refractivity contribution in [1.29, 1.82) is 0 Å². The van der Waals surface area contributed by atoms with Crippen molar-refractivity contribution in [2.45, 2.75) is 12.0 Å². The molecule has 0 fully saturated rings. The van der Waals surface area contributed by atoms with Gasteiger partial charge in [0.1, 0.15) is 0 Å². The monoisotopic (exact) mass is 232 g/mol. The lowest BCUT2D eigenvalue weighted by Gasteiger charge is -1.95. The van der Waals surface area contributed by atoms with Crippen LogP contribution < -0.4 is 0 Å². The van der Waals surface area contributed by atoms with E-state index < -0.39 is 5.97 Å². The van der Waals surface area contributed by atoms with E-state index in [4.69, 9.17) is 21.1 Å². The number of furan rings is 1. The molecule has 1 aromatic rings. The van der Waals surface area contributed by atoms with Gasteiger partial charge in [0.15, 0.2) is 5.09 Å². The molecule has 0 aliphatic heterocycles. The Morgan fingerprint density at radius 3 is 2.93 bits per heavy atom. The van der Waals surface area contributed by atoms with E-state index in [1.165, 1.54) is 23.4 Å². The standard InChI is InChI=1S/C9H9ClO3S/c1-6(4-10)5-14-8-3-2-7(13-8)9(11)12/h2-4H,5H2,1H3,(H,11,12)/b6-4-. The van der Waals surface area contributed by atoms with Crippen LogP contribution in [0, 0.1) is 0 Å². The molecule has 1 N–H and O–H groups in total. The molecule has 0 atom stereocenters. The van der Waals surface area contributed by atoms with Gasteiger partial charge in [0.05, 0.1) is 0 Å². The Balaban J connectivity index is 2.56. The van der Waals surface area contributed by atoms with Crippen LogP contribution in [0.1, 0.15) is 17.5 Å². The van der Waals surface area contributed by atoms with Crippen LogP contribution in [0.25, 0.3) is 0 Å². The Hall–Kier alpha value is -0.870. The van der Waals surface area contributed by atoms with Gasteiger partial charge in [-0.2, -0.15) is 0 Å². The molecule has 0 amide bonds. The van der Waals surface area contributed by atoms with E-state index in [1.54, 1.807) is 6.07 Å². The smallest absolute Gasteiger partial charge is 0.371 e. The lowest BCUT2D eigenvalue weighted by Crippen LogP contribution is -1.91. The molecule has 0 saturated heterocycles. The van der Waals surface area contributed by atoms with Crippen molar-refractivity contribution in [3.8, 4) is 0 Å². The van der Waals surface area contributed by atoms with Gasteiger partial charge in [-0.1, -0.05) is 28.9 Å². The Labute approximate surface area is 90.7 Å². The second-order valence-corrected chi connectivity index (χ2v) is 3.87. The van der Waals surface area contributed by atoms with Gasteiger partial charge in [-0.15, -0.1) is 0 Å². The number of thioether (sulfide) groups is 1. The van der Waals surface area contributed by atoms with Gasteiger partial charge in [0.2, 0.25) is 5.76 Å². The molecule has 5 heteroatoms. The summed E-state index contributed by atoms with van der Waals surface area (Å²) in [6, 6.07) is 3.07. The largest absolute Gasteiger partial charge is 0.475 e. The number of rotatable bonds is 4. The van der Waals surface area contributed by atoms with Crippen LogP contribution in [0.3, 0.4) is 0 Å². The first-order valence-electron chi connectivity index (χ1n) is 3.85. The minimum Gasteiger partial charge on any atom is -0.475 e. The normalized spacial score (nSPS) is 11.7. The Bertz CT molecular complexity index is 357. The summed E-state index contributed by atoms with van der Waals surface area (Å²) in [5, 5.41) is 9.17. The molecule has 0 spiro atoms. The number of carboxylic acid groups (broad SMARTS) is 1. The van der Waals surface area contributed by atoms with Crippen LogP contribution in [0.4, 0.5) is 0 Å². The molecule has 0 saturated carbocycles. The molecular formula is C9H9ClO3S. The molecule has 0 bridgehead atoms. The molecule has 1 heterocycles. The second-order valence-electron chi connectivity index (χ2n) is 2.67. The number of halogens is 1. The van der Waals surface area contributed by atoms with Gasteiger partial charge < -0.3 is 9.52 Å². The zero-order valence-corrected chi connectivity index (χ0v) is 9.06.